The Labute approximate surface area is 116 Å². The number of nitro benzene ring substituents is 1. The Hall–Kier alpha value is -1.71. The molecule has 1 fully saturated rings. The van der Waals surface area contributed by atoms with Crippen LogP contribution in [0.3, 0.4) is 0 Å². The first kappa shape index (κ1) is 14.7. The van der Waals surface area contributed by atoms with E-state index in [4.69, 9.17) is 10.5 Å². The van der Waals surface area contributed by atoms with E-state index >= 15 is 0 Å². The minimum Gasteiger partial charge on any atom is -0.398 e. The maximum absolute atomic E-state index is 12.3. The maximum Gasteiger partial charge on any atom is 0.270 e. The third-order valence-corrected chi connectivity index (χ3v) is 4.73. The van der Waals surface area contributed by atoms with Crippen molar-refractivity contribution in [3.05, 3.63) is 28.3 Å². The number of hydrogen-bond acceptors (Lipinski definition) is 6. The van der Waals surface area contributed by atoms with Gasteiger partial charge in [-0.05, 0) is 19.4 Å². The Balaban J connectivity index is 2.33. The summed E-state index contributed by atoms with van der Waals surface area (Å²) in [6.07, 6.45) is 0.305. The lowest BCUT2D eigenvalue weighted by molar-refractivity contribution is -0.385. The molecule has 1 heterocycles. The van der Waals surface area contributed by atoms with Gasteiger partial charge in [0, 0.05) is 18.7 Å². The first-order chi connectivity index (χ1) is 9.31. The summed E-state index contributed by atoms with van der Waals surface area (Å²) in [5.41, 5.74) is 5.26. The highest BCUT2D eigenvalue weighted by Crippen LogP contribution is 2.25. The number of sulfonamides is 1. The van der Waals surface area contributed by atoms with Crippen molar-refractivity contribution >= 4 is 21.4 Å². The number of nitrogens with zero attached hydrogens (tertiary/aromatic N) is 1. The van der Waals surface area contributed by atoms with Gasteiger partial charge in [0.1, 0.15) is 4.90 Å². The van der Waals surface area contributed by atoms with Gasteiger partial charge in [-0.15, -0.1) is 0 Å². The summed E-state index contributed by atoms with van der Waals surface area (Å²) in [6, 6.07) is 2.97. The van der Waals surface area contributed by atoms with Crippen LogP contribution in [0.4, 0.5) is 11.4 Å². The van der Waals surface area contributed by atoms with E-state index in [1.54, 1.807) is 6.92 Å². The van der Waals surface area contributed by atoms with E-state index in [1.165, 1.54) is 6.07 Å². The fourth-order valence-corrected chi connectivity index (χ4v) is 3.51. The number of nitro groups is 1. The van der Waals surface area contributed by atoms with Crippen molar-refractivity contribution in [3.63, 3.8) is 0 Å². The van der Waals surface area contributed by atoms with Gasteiger partial charge in [-0.1, -0.05) is 0 Å². The molecular weight excluding hydrogens is 286 g/mol. The summed E-state index contributed by atoms with van der Waals surface area (Å²) in [5.74, 6) is 0. The van der Waals surface area contributed by atoms with Crippen LogP contribution in [0.2, 0.25) is 0 Å². The molecule has 0 amide bonds. The number of anilines is 1. The van der Waals surface area contributed by atoms with Gasteiger partial charge in [-0.2, -0.15) is 0 Å². The Bertz CT molecular complexity index is 631. The summed E-state index contributed by atoms with van der Waals surface area (Å²) < 4.78 is 32.3. The molecule has 1 aliphatic rings. The molecule has 20 heavy (non-hydrogen) atoms. The molecule has 2 rings (SSSR count). The highest BCUT2D eigenvalue weighted by Gasteiger charge is 2.30. The van der Waals surface area contributed by atoms with E-state index in [2.05, 4.69) is 4.72 Å². The number of benzene rings is 1. The van der Waals surface area contributed by atoms with E-state index in [0.717, 1.165) is 12.1 Å². The second-order valence-electron chi connectivity index (χ2n) is 4.57. The molecule has 0 aromatic heterocycles. The number of nitrogens with one attached hydrogen (secondary N) is 1. The van der Waals surface area contributed by atoms with E-state index in [0.29, 0.717) is 13.0 Å². The molecule has 0 radical (unpaired) electrons. The molecule has 1 aromatic carbocycles. The van der Waals surface area contributed by atoms with Crippen molar-refractivity contribution in [3.8, 4) is 0 Å². The monoisotopic (exact) mass is 301 g/mol. The van der Waals surface area contributed by atoms with Crippen LogP contribution in [0, 0.1) is 10.1 Å². The largest absolute Gasteiger partial charge is 0.398 e. The van der Waals surface area contributed by atoms with Crippen LogP contribution in [0.15, 0.2) is 23.1 Å². The molecule has 0 aliphatic carbocycles. The zero-order valence-electron chi connectivity index (χ0n) is 10.8. The first-order valence-corrected chi connectivity index (χ1v) is 7.47. The van der Waals surface area contributed by atoms with Gasteiger partial charge in [-0.25, -0.2) is 13.1 Å². The van der Waals surface area contributed by atoms with Crippen molar-refractivity contribution in [2.75, 3.05) is 12.3 Å². The maximum atomic E-state index is 12.3. The molecule has 110 valence electrons. The number of hydrogen-bond donors (Lipinski definition) is 2. The Kier molecular flexibility index (Phi) is 3.93. The zero-order chi connectivity index (χ0) is 14.9. The van der Waals surface area contributed by atoms with E-state index in [9.17, 15) is 18.5 Å². The number of non-ortho nitro benzene ring substituents is 1. The van der Waals surface area contributed by atoms with Crippen LogP contribution in [0.1, 0.15) is 13.3 Å². The lowest BCUT2D eigenvalue weighted by atomic mass is 10.2. The van der Waals surface area contributed by atoms with Gasteiger partial charge in [0.05, 0.1) is 22.8 Å². The van der Waals surface area contributed by atoms with Gasteiger partial charge in [0.25, 0.3) is 5.69 Å². The number of nitrogen functional groups attached to an aromatic ring is 1. The van der Waals surface area contributed by atoms with Crippen LogP contribution in [-0.2, 0) is 14.8 Å². The van der Waals surface area contributed by atoms with Crippen molar-refractivity contribution < 1.29 is 18.1 Å². The topological polar surface area (TPSA) is 125 Å². The lowest BCUT2D eigenvalue weighted by Gasteiger charge is -2.16. The Morgan fingerprint density at radius 1 is 1.50 bits per heavy atom. The van der Waals surface area contributed by atoms with Gasteiger partial charge in [0.15, 0.2) is 0 Å². The van der Waals surface area contributed by atoms with E-state index in [1.807, 2.05) is 0 Å². The predicted molar refractivity (Wildman–Crippen MR) is 71.6 cm³/mol. The summed E-state index contributed by atoms with van der Waals surface area (Å²) in [6.45, 7) is 2.23. The molecule has 8 nitrogen and oxygen atoms in total. The van der Waals surface area contributed by atoms with Crippen molar-refractivity contribution in [2.45, 2.75) is 30.4 Å². The molecule has 3 N–H and O–H groups in total. The summed E-state index contributed by atoms with van der Waals surface area (Å²) in [5, 5.41) is 10.7. The van der Waals surface area contributed by atoms with Crippen LogP contribution in [0.25, 0.3) is 0 Å². The second kappa shape index (κ2) is 5.35. The lowest BCUT2D eigenvalue weighted by Crippen LogP contribution is -2.39. The highest BCUT2D eigenvalue weighted by molar-refractivity contribution is 7.89. The highest BCUT2D eigenvalue weighted by atomic mass is 32.2. The summed E-state index contributed by atoms with van der Waals surface area (Å²) >= 11 is 0. The fraction of sp³-hybridized carbons (Fsp3) is 0.455. The third kappa shape index (κ3) is 2.89. The van der Waals surface area contributed by atoms with Gasteiger partial charge < -0.3 is 10.5 Å². The summed E-state index contributed by atoms with van der Waals surface area (Å²) in [4.78, 5) is 9.76. The molecule has 0 bridgehead atoms. The van der Waals surface area contributed by atoms with Crippen molar-refractivity contribution in [2.24, 2.45) is 0 Å². The van der Waals surface area contributed by atoms with Crippen LogP contribution < -0.4 is 10.5 Å². The first-order valence-electron chi connectivity index (χ1n) is 5.99. The normalized spacial score (nSPS) is 22.9. The predicted octanol–water partition coefficient (Wildman–Crippen LogP) is 0.633. The van der Waals surface area contributed by atoms with Gasteiger partial charge >= 0.3 is 0 Å². The zero-order valence-corrected chi connectivity index (χ0v) is 11.6. The fourth-order valence-electron chi connectivity index (χ4n) is 2.02. The Morgan fingerprint density at radius 2 is 2.20 bits per heavy atom. The quantitative estimate of drug-likeness (QED) is 0.477. The molecule has 0 spiro atoms. The van der Waals surface area contributed by atoms with E-state index < -0.39 is 14.9 Å². The average Bonchev–Trinajstić information content (AvgIpc) is 2.74. The van der Waals surface area contributed by atoms with Gasteiger partial charge in [0.2, 0.25) is 10.0 Å². The number of nitrogens with two attached hydrogens (primary N) is 1. The molecule has 2 unspecified atom stereocenters. The van der Waals surface area contributed by atoms with Crippen molar-refractivity contribution in [1.82, 2.24) is 4.72 Å². The molecule has 1 aromatic rings. The molecular formula is C11H15N3O5S. The Morgan fingerprint density at radius 3 is 2.75 bits per heavy atom. The second-order valence-corrected chi connectivity index (χ2v) is 6.25. The standard InChI is InChI=1S/C11H15N3O5S/c1-7-10(4-5-19-7)13-20(17,18)11-6-8(14(15)16)2-3-9(11)12/h2-3,6-7,10,13H,4-5,12H2,1H3. The van der Waals surface area contributed by atoms with E-state index in [-0.39, 0.29) is 28.4 Å². The van der Waals surface area contributed by atoms with Crippen LogP contribution >= 0.6 is 0 Å². The molecule has 1 aliphatic heterocycles. The molecule has 9 heteroatoms. The molecule has 2 atom stereocenters. The molecule has 0 saturated carbocycles. The average molecular weight is 301 g/mol. The minimum absolute atomic E-state index is 0.0327. The van der Waals surface area contributed by atoms with Crippen LogP contribution in [-0.4, -0.2) is 32.1 Å². The van der Waals surface area contributed by atoms with Crippen molar-refractivity contribution in [1.29, 1.82) is 0 Å². The smallest absolute Gasteiger partial charge is 0.270 e. The number of ether oxygens (including phenoxy) is 1. The van der Waals surface area contributed by atoms with Gasteiger partial charge in [-0.3, -0.25) is 10.1 Å². The third-order valence-electron chi connectivity index (χ3n) is 3.18. The summed E-state index contributed by atoms with van der Waals surface area (Å²) in [7, 11) is -3.92. The minimum atomic E-state index is -3.92. The number of rotatable bonds is 4. The SMILES string of the molecule is CC1OCCC1NS(=O)(=O)c1cc([N+](=O)[O-])ccc1N. The van der Waals surface area contributed by atoms with Crippen LogP contribution in [0.5, 0.6) is 0 Å². The molecule has 1 saturated heterocycles.